The van der Waals surface area contributed by atoms with Crippen LogP contribution in [0.3, 0.4) is 0 Å². The van der Waals surface area contributed by atoms with Gasteiger partial charge in [0.1, 0.15) is 0 Å². The first-order valence-corrected chi connectivity index (χ1v) is 4.96. The Morgan fingerprint density at radius 2 is 1.89 bits per heavy atom. The lowest BCUT2D eigenvalue weighted by atomic mass is 10.2. The molecule has 4 nitrogen and oxygen atoms in total. The summed E-state index contributed by atoms with van der Waals surface area (Å²) in [5.74, 6) is -6.14. The fourth-order valence-corrected chi connectivity index (χ4v) is 1.18. The summed E-state index contributed by atoms with van der Waals surface area (Å²) in [4.78, 5) is 22.1. The second kappa shape index (κ2) is 6.04. The maximum absolute atomic E-state index is 13.2. The molecule has 0 saturated carbocycles. The fraction of sp³-hybridized carbons (Fsp3) is 0.273. The van der Waals surface area contributed by atoms with E-state index >= 15 is 0 Å². The molecule has 0 radical (unpaired) electrons. The third-order valence-electron chi connectivity index (χ3n) is 2.12. The highest BCUT2D eigenvalue weighted by Gasteiger charge is 2.18. The molecule has 0 spiro atoms. The van der Waals surface area contributed by atoms with Crippen molar-refractivity contribution in [1.29, 1.82) is 0 Å². The van der Waals surface area contributed by atoms with E-state index in [1.165, 1.54) is 7.11 Å². The van der Waals surface area contributed by atoms with Gasteiger partial charge in [0.2, 0.25) is 0 Å². The minimum absolute atomic E-state index is 0.0933. The summed E-state index contributed by atoms with van der Waals surface area (Å²) in [6.07, 6.45) is -0.104. The SMILES string of the molecule is COC(=O)CCNC(=O)c1ccc(F)c(F)c1F. The van der Waals surface area contributed by atoms with Crippen molar-refractivity contribution in [1.82, 2.24) is 5.32 Å². The average Bonchev–Trinajstić information content (AvgIpc) is 2.35. The predicted octanol–water partition coefficient (Wildman–Crippen LogP) is 1.40. The van der Waals surface area contributed by atoms with Crippen LogP contribution in [0.5, 0.6) is 0 Å². The van der Waals surface area contributed by atoms with Crippen LogP contribution in [0.4, 0.5) is 13.2 Å². The number of benzene rings is 1. The highest BCUT2D eigenvalue weighted by Crippen LogP contribution is 2.14. The number of halogens is 3. The van der Waals surface area contributed by atoms with Crippen molar-refractivity contribution in [3.8, 4) is 0 Å². The molecule has 0 aromatic heterocycles. The number of amides is 1. The quantitative estimate of drug-likeness (QED) is 0.658. The van der Waals surface area contributed by atoms with Gasteiger partial charge in [0.25, 0.3) is 5.91 Å². The number of ether oxygens (including phenoxy) is 1. The molecule has 18 heavy (non-hydrogen) atoms. The molecule has 1 N–H and O–H groups in total. The molecule has 0 saturated heterocycles. The van der Waals surface area contributed by atoms with E-state index in [-0.39, 0.29) is 13.0 Å². The van der Waals surface area contributed by atoms with E-state index in [4.69, 9.17) is 0 Å². The van der Waals surface area contributed by atoms with E-state index in [2.05, 4.69) is 10.1 Å². The molecule has 0 atom stereocenters. The van der Waals surface area contributed by atoms with E-state index in [0.717, 1.165) is 6.07 Å². The van der Waals surface area contributed by atoms with Crippen LogP contribution in [0.2, 0.25) is 0 Å². The van der Waals surface area contributed by atoms with E-state index in [1.807, 2.05) is 0 Å². The van der Waals surface area contributed by atoms with E-state index in [9.17, 15) is 22.8 Å². The maximum Gasteiger partial charge on any atom is 0.307 e. The lowest BCUT2D eigenvalue weighted by molar-refractivity contribution is -0.140. The zero-order valence-electron chi connectivity index (χ0n) is 9.43. The van der Waals surface area contributed by atoms with Crippen molar-refractivity contribution >= 4 is 11.9 Å². The topological polar surface area (TPSA) is 55.4 Å². The molecule has 0 aliphatic carbocycles. The van der Waals surface area contributed by atoms with Crippen molar-refractivity contribution in [2.45, 2.75) is 6.42 Å². The first-order valence-electron chi connectivity index (χ1n) is 4.96. The molecule has 98 valence electrons. The molecular formula is C11H10F3NO3. The first-order chi connectivity index (χ1) is 8.47. The molecule has 1 aromatic rings. The van der Waals surface area contributed by atoms with Gasteiger partial charge >= 0.3 is 5.97 Å². The molecule has 0 aliphatic heterocycles. The zero-order chi connectivity index (χ0) is 13.7. The van der Waals surface area contributed by atoms with Crippen LogP contribution in [-0.4, -0.2) is 25.5 Å². The van der Waals surface area contributed by atoms with Crippen molar-refractivity contribution in [3.63, 3.8) is 0 Å². The second-order valence-corrected chi connectivity index (χ2v) is 3.30. The Kier molecular flexibility index (Phi) is 4.70. The number of carbonyl (C=O) groups is 2. The molecule has 0 heterocycles. The van der Waals surface area contributed by atoms with Gasteiger partial charge in [0, 0.05) is 6.54 Å². The van der Waals surface area contributed by atoms with Gasteiger partial charge in [-0.2, -0.15) is 0 Å². The highest BCUT2D eigenvalue weighted by molar-refractivity contribution is 5.94. The van der Waals surface area contributed by atoms with Gasteiger partial charge in [-0.3, -0.25) is 9.59 Å². The molecule has 1 aromatic carbocycles. The van der Waals surface area contributed by atoms with Crippen molar-refractivity contribution in [2.24, 2.45) is 0 Å². The average molecular weight is 261 g/mol. The van der Waals surface area contributed by atoms with Crippen LogP contribution in [0.1, 0.15) is 16.8 Å². The number of hydrogen-bond donors (Lipinski definition) is 1. The third-order valence-corrected chi connectivity index (χ3v) is 2.12. The van der Waals surface area contributed by atoms with Gasteiger partial charge in [0.05, 0.1) is 19.1 Å². The van der Waals surface area contributed by atoms with Crippen LogP contribution in [-0.2, 0) is 9.53 Å². The summed E-state index contributed by atoms with van der Waals surface area (Å²) >= 11 is 0. The van der Waals surface area contributed by atoms with Crippen LogP contribution in [0.15, 0.2) is 12.1 Å². The maximum atomic E-state index is 13.2. The van der Waals surface area contributed by atoms with Gasteiger partial charge in [-0.05, 0) is 12.1 Å². The van der Waals surface area contributed by atoms with Gasteiger partial charge in [0.15, 0.2) is 17.5 Å². The van der Waals surface area contributed by atoms with E-state index in [1.54, 1.807) is 0 Å². The van der Waals surface area contributed by atoms with Crippen molar-refractivity contribution in [2.75, 3.05) is 13.7 Å². The molecule has 0 aliphatic rings. The van der Waals surface area contributed by atoms with Crippen LogP contribution < -0.4 is 5.32 Å². The molecule has 1 rings (SSSR count). The summed E-state index contributed by atoms with van der Waals surface area (Å²) in [5, 5.41) is 2.18. The number of rotatable bonds is 4. The Bertz CT molecular complexity index is 477. The Hall–Kier alpha value is -2.05. The number of nitrogens with one attached hydrogen (secondary N) is 1. The van der Waals surface area contributed by atoms with Gasteiger partial charge in [-0.25, -0.2) is 13.2 Å². The number of esters is 1. The van der Waals surface area contributed by atoms with Gasteiger partial charge in [-0.1, -0.05) is 0 Å². The summed E-state index contributed by atoms with van der Waals surface area (Å²) in [7, 11) is 1.18. The summed E-state index contributed by atoms with van der Waals surface area (Å²) in [5.41, 5.74) is -0.626. The van der Waals surface area contributed by atoms with Crippen molar-refractivity contribution in [3.05, 3.63) is 35.1 Å². The lowest BCUT2D eigenvalue weighted by Gasteiger charge is -2.06. The van der Waals surface area contributed by atoms with E-state index in [0.29, 0.717) is 6.07 Å². The van der Waals surface area contributed by atoms with Crippen LogP contribution >= 0.6 is 0 Å². The molecule has 0 unspecified atom stereocenters. The normalized spacial score (nSPS) is 10.0. The lowest BCUT2D eigenvalue weighted by Crippen LogP contribution is -2.27. The van der Waals surface area contributed by atoms with Crippen LogP contribution in [0.25, 0.3) is 0 Å². The molecular weight excluding hydrogens is 251 g/mol. The monoisotopic (exact) mass is 261 g/mol. The van der Waals surface area contributed by atoms with Gasteiger partial charge in [-0.15, -0.1) is 0 Å². The van der Waals surface area contributed by atoms with E-state index < -0.39 is 34.9 Å². The number of methoxy groups -OCH3 is 1. The summed E-state index contributed by atoms with van der Waals surface area (Å²) < 4.78 is 43.0. The molecule has 0 fully saturated rings. The van der Waals surface area contributed by atoms with Crippen LogP contribution in [0, 0.1) is 17.5 Å². The summed E-state index contributed by atoms with van der Waals surface area (Å²) in [6, 6.07) is 1.47. The predicted molar refractivity (Wildman–Crippen MR) is 55.3 cm³/mol. The summed E-state index contributed by atoms with van der Waals surface area (Å²) in [6.45, 7) is -0.0933. The van der Waals surface area contributed by atoms with Crippen molar-refractivity contribution < 1.29 is 27.5 Å². The Morgan fingerprint density at radius 1 is 1.22 bits per heavy atom. The molecule has 7 heteroatoms. The number of carbonyl (C=O) groups excluding carboxylic acids is 2. The number of hydrogen-bond acceptors (Lipinski definition) is 3. The Morgan fingerprint density at radius 3 is 2.50 bits per heavy atom. The second-order valence-electron chi connectivity index (χ2n) is 3.30. The zero-order valence-corrected chi connectivity index (χ0v) is 9.43. The minimum atomic E-state index is -1.71. The largest absolute Gasteiger partial charge is 0.469 e. The standard InChI is InChI=1S/C11H10F3NO3/c1-18-8(16)4-5-15-11(17)6-2-3-7(12)10(14)9(6)13/h2-3H,4-5H2,1H3,(H,15,17). The molecule has 0 bridgehead atoms. The van der Waals surface area contributed by atoms with Gasteiger partial charge < -0.3 is 10.1 Å². The Labute approximate surface area is 101 Å². The highest BCUT2D eigenvalue weighted by atomic mass is 19.2. The Balaban J connectivity index is 2.68. The third kappa shape index (κ3) is 3.22. The fourth-order valence-electron chi connectivity index (χ4n) is 1.18. The smallest absolute Gasteiger partial charge is 0.307 e. The first kappa shape index (κ1) is 14.0. The minimum Gasteiger partial charge on any atom is -0.469 e. The molecule has 1 amide bonds.